The molecule has 270 valence electrons. The van der Waals surface area contributed by atoms with E-state index in [1.165, 1.54) is 46.5 Å². The summed E-state index contributed by atoms with van der Waals surface area (Å²) in [6.45, 7) is 23.3. The molecular formula is C42H54F6O. The normalized spacial score (nSPS) is 11.4. The summed E-state index contributed by atoms with van der Waals surface area (Å²) >= 11 is 0. The van der Waals surface area contributed by atoms with Crippen LogP contribution in [0.5, 0.6) is 5.75 Å². The highest BCUT2D eigenvalue weighted by atomic mass is 19.4. The summed E-state index contributed by atoms with van der Waals surface area (Å²) < 4.78 is 78.6. The van der Waals surface area contributed by atoms with Gasteiger partial charge in [0.15, 0.2) is 0 Å². The van der Waals surface area contributed by atoms with E-state index in [9.17, 15) is 26.3 Å². The standard InChI is InChI=1S/C11H14F2.C11H16.C10H11F3O.C10H13F/c1-8(2)9-6-4-5-7-10(9)11(3,12)13;1-8(2)11-6-9(3)5-10(4)7-11;1-7(2)8-5-3-4-6-9(8)14-10(11,12)13;1-7(2)10-6-9(11)5-4-8(10)3/h4-8H,1-3H3;5-8H,1-4H3;3-7H,1-2H3;4-7H,1-3H3. The van der Waals surface area contributed by atoms with Crippen LogP contribution in [0.15, 0.2) is 84.9 Å². The van der Waals surface area contributed by atoms with Gasteiger partial charge in [0.2, 0.25) is 0 Å². The highest BCUT2D eigenvalue weighted by Gasteiger charge is 2.32. The molecule has 0 bridgehead atoms. The number of para-hydroxylation sites is 1. The number of benzene rings is 4. The Labute approximate surface area is 290 Å². The molecule has 0 fully saturated rings. The van der Waals surface area contributed by atoms with Gasteiger partial charge >= 0.3 is 6.36 Å². The lowest BCUT2D eigenvalue weighted by molar-refractivity contribution is -0.274. The van der Waals surface area contributed by atoms with Crippen molar-refractivity contribution in [3.8, 4) is 5.75 Å². The summed E-state index contributed by atoms with van der Waals surface area (Å²) in [6, 6.07) is 24.5. The minimum absolute atomic E-state index is 0.00792. The predicted octanol–water partition coefficient (Wildman–Crippen LogP) is 14.3. The lowest BCUT2D eigenvalue weighted by Gasteiger charge is -2.17. The predicted molar refractivity (Wildman–Crippen MR) is 193 cm³/mol. The topological polar surface area (TPSA) is 9.23 Å². The van der Waals surface area contributed by atoms with Gasteiger partial charge in [-0.25, -0.2) is 13.2 Å². The van der Waals surface area contributed by atoms with Gasteiger partial charge in [-0.2, -0.15) is 0 Å². The van der Waals surface area contributed by atoms with Gasteiger partial charge in [0.25, 0.3) is 5.92 Å². The second-order valence-electron chi connectivity index (χ2n) is 13.6. The van der Waals surface area contributed by atoms with Crippen molar-refractivity contribution in [2.75, 3.05) is 0 Å². The average molecular weight is 689 g/mol. The zero-order chi connectivity index (χ0) is 37.7. The molecule has 0 saturated carbocycles. The van der Waals surface area contributed by atoms with Gasteiger partial charge in [0, 0.05) is 12.5 Å². The number of alkyl halides is 5. The van der Waals surface area contributed by atoms with Crippen molar-refractivity contribution >= 4 is 0 Å². The third kappa shape index (κ3) is 16.0. The molecule has 0 aliphatic rings. The second kappa shape index (κ2) is 19.4. The Hall–Kier alpha value is -3.74. The van der Waals surface area contributed by atoms with Crippen LogP contribution in [0.25, 0.3) is 0 Å². The fourth-order valence-electron chi connectivity index (χ4n) is 5.15. The first-order chi connectivity index (χ1) is 22.5. The number of rotatable bonds is 6. The fraction of sp³-hybridized carbons (Fsp3) is 0.429. The number of ether oxygens (including phenoxy) is 1. The fourth-order valence-corrected chi connectivity index (χ4v) is 5.15. The molecule has 0 unspecified atom stereocenters. The molecule has 7 heteroatoms. The molecule has 1 nitrogen and oxygen atoms in total. The van der Waals surface area contributed by atoms with Crippen LogP contribution in [0.3, 0.4) is 0 Å². The van der Waals surface area contributed by atoms with E-state index >= 15 is 0 Å². The first-order valence-corrected chi connectivity index (χ1v) is 16.7. The Bertz CT molecular complexity index is 1540. The van der Waals surface area contributed by atoms with Crippen LogP contribution in [-0.4, -0.2) is 6.36 Å². The van der Waals surface area contributed by atoms with Crippen LogP contribution in [0.4, 0.5) is 26.3 Å². The van der Waals surface area contributed by atoms with E-state index in [1.807, 2.05) is 40.7 Å². The van der Waals surface area contributed by atoms with Crippen molar-refractivity contribution in [1.29, 1.82) is 0 Å². The summed E-state index contributed by atoms with van der Waals surface area (Å²) in [5.74, 6) is -1.79. The zero-order valence-electron chi connectivity index (χ0n) is 31.1. The summed E-state index contributed by atoms with van der Waals surface area (Å²) in [5, 5.41) is 0. The number of hydrogen-bond donors (Lipinski definition) is 0. The highest BCUT2D eigenvalue weighted by Crippen LogP contribution is 2.33. The zero-order valence-corrected chi connectivity index (χ0v) is 31.1. The molecule has 0 aliphatic heterocycles. The van der Waals surface area contributed by atoms with E-state index in [4.69, 9.17) is 0 Å². The van der Waals surface area contributed by atoms with Crippen LogP contribution < -0.4 is 4.74 Å². The molecule has 0 saturated heterocycles. The number of hydrogen-bond acceptors (Lipinski definition) is 1. The van der Waals surface area contributed by atoms with Gasteiger partial charge in [0.1, 0.15) is 11.6 Å². The lowest BCUT2D eigenvalue weighted by atomic mass is 9.94. The van der Waals surface area contributed by atoms with Crippen molar-refractivity contribution in [2.45, 2.75) is 119 Å². The number of aryl methyl sites for hydroxylation is 3. The van der Waals surface area contributed by atoms with E-state index in [0.717, 1.165) is 18.1 Å². The van der Waals surface area contributed by atoms with Crippen LogP contribution in [0.1, 0.15) is 130 Å². The third-order valence-corrected chi connectivity index (χ3v) is 7.60. The average Bonchev–Trinajstić information content (AvgIpc) is 2.97. The SMILES string of the molecule is CC(C)c1ccccc1C(C)(F)F.CC(C)c1ccccc1OC(F)(F)F.Cc1cc(C)cc(C(C)C)c1.Cc1ccc(F)cc1C(C)C. The molecule has 49 heavy (non-hydrogen) atoms. The van der Waals surface area contributed by atoms with E-state index in [1.54, 1.807) is 36.4 Å². The van der Waals surface area contributed by atoms with Crippen molar-refractivity contribution in [3.63, 3.8) is 0 Å². The maximum Gasteiger partial charge on any atom is 0.573 e. The molecule has 0 amide bonds. The minimum Gasteiger partial charge on any atom is -0.405 e. The largest absolute Gasteiger partial charge is 0.573 e. The Balaban J connectivity index is 0.000000328. The van der Waals surface area contributed by atoms with Crippen molar-refractivity contribution in [3.05, 3.63) is 135 Å². The van der Waals surface area contributed by atoms with E-state index in [-0.39, 0.29) is 29.0 Å². The van der Waals surface area contributed by atoms with Crippen LogP contribution in [0.2, 0.25) is 0 Å². The quantitative estimate of drug-likeness (QED) is 0.183. The summed E-state index contributed by atoms with van der Waals surface area (Å²) in [6.07, 6.45) is -4.62. The second-order valence-corrected chi connectivity index (χ2v) is 13.6. The number of halogens is 6. The van der Waals surface area contributed by atoms with Crippen molar-refractivity contribution < 1.29 is 31.1 Å². The van der Waals surface area contributed by atoms with Crippen molar-refractivity contribution in [1.82, 2.24) is 0 Å². The van der Waals surface area contributed by atoms with Gasteiger partial charge in [-0.05, 0) is 90.5 Å². The smallest absolute Gasteiger partial charge is 0.405 e. The molecule has 0 atom stereocenters. The molecule has 0 spiro atoms. The van der Waals surface area contributed by atoms with Gasteiger partial charge in [-0.1, -0.05) is 133 Å². The molecule has 0 radical (unpaired) electrons. The maximum absolute atomic E-state index is 13.1. The molecular weight excluding hydrogens is 634 g/mol. The molecule has 4 rings (SSSR count). The first-order valence-electron chi connectivity index (χ1n) is 16.7. The van der Waals surface area contributed by atoms with Crippen LogP contribution in [-0.2, 0) is 5.92 Å². The lowest BCUT2D eigenvalue weighted by Crippen LogP contribution is -2.18. The van der Waals surface area contributed by atoms with Gasteiger partial charge < -0.3 is 4.74 Å². The molecule has 0 N–H and O–H groups in total. The minimum atomic E-state index is -4.62. The Morgan fingerprint density at radius 1 is 0.531 bits per heavy atom. The summed E-state index contributed by atoms with van der Waals surface area (Å²) in [7, 11) is 0. The van der Waals surface area contributed by atoms with Crippen molar-refractivity contribution in [2.24, 2.45) is 0 Å². The van der Waals surface area contributed by atoms with Gasteiger partial charge in [-0.15, -0.1) is 13.2 Å². The Kier molecular flexibility index (Phi) is 17.2. The Morgan fingerprint density at radius 2 is 1.00 bits per heavy atom. The molecule has 0 heterocycles. The molecule has 4 aromatic rings. The molecule has 4 aromatic carbocycles. The first kappa shape index (κ1) is 43.3. The van der Waals surface area contributed by atoms with E-state index < -0.39 is 12.3 Å². The summed E-state index contributed by atoms with van der Waals surface area (Å²) in [4.78, 5) is 0. The monoisotopic (exact) mass is 688 g/mol. The Morgan fingerprint density at radius 3 is 1.41 bits per heavy atom. The maximum atomic E-state index is 13.1. The highest BCUT2D eigenvalue weighted by molar-refractivity contribution is 5.36. The summed E-state index contributed by atoms with van der Waals surface area (Å²) in [5.41, 5.74) is 7.89. The molecule has 0 aliphatic carbocycles. The van der Waals surface area contributed by atoms with Crippen LogP contribution in [0, 0.1) is 26.6 Å². The van der Waals surface area contributed by atoms with Gasteiger partial charge in [0.05, 0.1) is 0 Å². The van der Waals surface area contributed by atoms with Crippen LogP contribution >= 0.6 is 0 Å². The third-order valence-electron chi connectivity index (χ3n) is 7.60. The van der Waals surface area contributed by atoms with E-state index in [2.05, 4.69) is 64.5 Å². The van der Waals surface area contributed by atoms with Gasteiger partial charge in [-0.3, -0.25) is 0 Å². The molecule has 0 aromatic heterocycles. The van der Waals surface area contributed by atoms with E-state index in [0.29, 0.717) is 17.4 Å².